The molecule has 0 spiro atoms. The molecule has 3 aromatic rings. The monoisotopic (exact) mass is 388 g/mol. The Morgan fingerprint density at radius 1 is 1.14 bits per heavy atom. The van der Waals surface area contributed by atoms with Gasteiger partial charge in [-0.1, -0.05) is 12.1 Å². The molecule has 3 heterocycles. The minimum absolute atomic E-state index is 0.0127. The predicted octanol–water partition coefficient (Wildman–Crippen LogP) is 2.53. The van der Waals surface area contributed by atoms with Crippen LogP contribution in [0.1, 0.15) is 28.7 Å². The fraction of sp³-hybridized carbons (Fsp3) is 0.286. The number of aromatic nitrogens is 3. The normalized spacial score (nSPS) is 13.9. The molecule has 0 atom stereocenters. The Morgan fingerprint density at radius 2 is 1.90 bits per heavy atom. The molecule has 29 heavy (non-hydrogen) atoms. The first-order chi connectivity index (χ1) is 14.2. The van der Waals surface area contributed by atoms with Crippen molar-refractivity contribution >= 4 is 11.7 Å². The SMILES string of the molecule is CCc1nc(-c2ccc(N3CCN(C(=O)c4ccc(C#N)cc4)CC3)nc2)no1. The highest BCUT2D eigenvalue weighted by molar-refractivity contribution is 5.94. The summed E-state index contributed by atoms with van der Waals surface area (Å²) in [6.07, 6.45) is 2.44. The fourth-order valence-corrected chi connectivity index (χ4v) is 3.23. The lowest BCUT2D eigenvalue weighted by molar-refractivity contribution is 0.0746. The van der Waals surface area contributed by atoms with E-state index >= 15 is 0 Å². The number of hydrogen-bond acceptors (Lipinski definition) is 7. The van der Waals surface area contributed by atoms with Crippen LogP contribution in [0.4, 0.5) is 5.82 Å². The summed E-state index contributed by atoms with van der Waals surface area (Å²) in [5.74, 6) is 1.99. The molecule has 0 N–H and O–H groups in total. The summed E-state index contributed by atoms with van der Waals surface area (Å²) in [7, 11) is 0. The molecule has 0 aliphatic carbocycles. The zero-order chi connectivity index (χ0) is 20.2. The Labute approximate surface area is 168 Å². The molecule has 1 aliphatic heterocycles. The second-order valence-corrected chi connectivity index (χ2v) is 6.74. The number of piperazine rings is 1. The van der Waals surface area contributed by atoms with Gasteiger partial charge in [0.2, 0.25) is 11.7 Å². The Morgan fingerprint density at radius 3 is 2.48 bits per heavy atom. The summed E-state index contributed by atoms with van der Waals surface area (Å²) in [6.45, 7) is 4.61. The fourth-order valence-electron chi connectivity index (χ4n) is 3.23. The molecule has 146 valence electrons. The van der Waals surface area contributed by atoms with Gasteiger partial charge in [0.25, 0.3) is 5.91 Å². The van der Waals surface area contributed by atoms with Gasteiger partial charge in [-0.05, 0) is 36.4 Å². The van der Waals surface area contributed by atoms with Crippen molar-refractivity contribution in [3.8, 4) is 17.5 Å². The lowest BCUT2D eigenvalue weighted by atomic mass is 10.1. The molecule has 8 heteroatoms. The molecule has 0 bridgehead atoms. The molecule has 2 aromatic heterocycles. The van der Waals surface area contributed by atoms with Gasteiger partial charge in [-0.2, -0.15) is 10.2 Å². The predicted molar refractivity (Wildman–Crippen MR) is 106 cm³/mol. The maximum Gasteiger partial charge on any atom is 0.253 e. The van der Waals surface area contributed by atoms with Crippen molar-refractivity contribution in [1.29, 1.82) is 5.26 Å². The zero-order valence-electron chi connectivity index (χ0n) is 16.1. The second-order valence-electron chi connectivity index (χ2n) is 6.74. The topological polar surface area (TPSA) is 99.2 Å². The van der Waals surface area contributed by atoms with Crippen LogP contribution in [0.15, 0.2) is 47.1 Å². The average molecular weight is 388 g/mol. The van der Waals surface area contributed by atoms with Gasteiger partial charge < -0.3 is 14.3 Å². The van der Waals surface area contributed by atoms with E-state index in [2.05, 4.69) is 26.1 Å². The number of anilines is 1. The first kappa shape index (κ1) is 18.6. The first-order valence-corrected chi connectivity index (χ1v) is 9.51. The highest BCUT2D eigenvalue weighted by Gasteiger charge is 2.23. The van der Waals surface area contributed by atoms with Crippen LogP contribution < -0.4 is 4.90 Å². The van der Waals surface area contributed by atoms with E-state index < -0.39 is 0 Å². The number of rotatable bonds is 4. The van der Waals surface area contributed by atoms with E-state index in [9.17, 15) is 4.79 Å². The third kappa shape index (κ3) is 3.94. The molecule has 1 amide bonds. The van der Waals surface area contributed by atoms with Crippen molar-refractivity contribution in [2.75, 3.05) is 31.1 Å². The third-order valence-corrected chi connectivity index (χ3v) is 4.93. The van der Waals surface area contributed by atoms with Gasteiger partial charge in [-0.3, -0.25) is 4.79 Å². The van der Waals surface area contributed by atoms with E-state index in [-0.39, 0.29) is 5.91 Å². The number of benzene rings is 1. The van der Waals surface area contributed by atoms with Crippen molar-refractivity contribution in [3.63, 3.8) is 0 Å². The standard InChI is InChI=1S/C21H20N6O2/c1-2-19-24-20(25-29-19)17-7-8-18(23-14-17)26-9-11-27(12-10-26)21(28)16-5-3-15(13-22)4-6-16/h3-8,14H,2,9-12H2,1H3. The highest BCUT2D eigenvalue weighted by atomic mass is 16.5. The summed E-state index contributed by atoms with van der Waals surface area (Å²) in [6, 6.07) is 12.7. The summed E-state index contributed by atoms with van der Waals surface area (Å²) in [5.41, 5.74) is 1.96. The molecule has 1 aromatic carbocycles. The number of carbonyl (C=O) groups excluding carboxylic acids is 1. The smallest absolute Gasteiger partial charge is 0.253 e. The second kappa shape index (κ2) is 8.10. The molecule has 4 rings (SSSR count). The van der Waals surface area contributed by atoms with Crippen LogP contribution in [0.3, 0.4) is 0 Å². The highest BCUT2D eigenvalue weighted by Crippen LogP contribution is 2.20. The van der Waals surface area contributed by atoms with Crippen LogP contribution in [0.25, 0.3) is 11.4 Å². The molecule has 1 fully saturated rings. The number of pyridine rings is 1. The van der Waals surface area contributed by atoms with Gasteiger partial charge in [0.05, 0.1) is 11.6 Å². The van der Waals surface area contributed by atoms with Gasteiger partial charge in [-0.15, -0.1) is 0 Å². The quantitative estimate of drug-likeness (QED) is 0.677. The molecule has 0 unspecified atom stereocenters. The van der Waals surface area contributed by atoms with Crippen molar-refractivity contribution < 1.29 is 9.32 Å². The number of nitrogens with zero attached hydrogens (tertiary/aromatic N) is 6. The molecular weight excluding hydrogens is 368 g/mol. The van der Waals surface area contributed by atoms with E-state index in [1.165, 1.54) is 0 Å². The molecule has 0 saturated carbocycles. The maximum atomic E-state index is 12.7. The third-order valence-electron chi connectivity index (χ3n) is 4.93. The van der Waals surface area contributed by atoms with Crippen LogP contribution in [0.5, 0.6) is 0 Å². The first-order valence-electron chi connectivity index (χ1n) is 9.51. The van der Waals surface area contributed by atoms with Crippen molar-refractivity contribution in [2.45, 2.75) is 13.3 Å². The maximum absolute atomic E-state index is 12.7. The van der Waals surface area contributed by atoms with Crippen molar-refractivity contribution in [2.24, 2.45) is 0 Å². The summed E-state index contributed by atoms with van der Waals surface area (Å²) >= 11 is 0. The lowest BCUT2D eigenvalue weighted by Gasteiger charge is -2.35. The van der Waals surface area contributed by atoms with E-state index in [1.54, 1.807) is 30.5 Å². The summed E-state index contributed by atoms with van der Waals surface area (Å²) in [4.78, 5) is 25.5. The Bertz CT molecular complexity index is 1030. The number of amides is 1. The molecular formula is C21H20N6O2. The van der Waals surface area contributed by atoms with Crippen LogP contribution in [0.2, 0.25) is 0 Å². The lowest BCUT2D eigenvalue weighted by Crippen LogP contribution is -2.49. The number of carbonyl (C=O) groups is 1. The van der Waals surface area contributed by atoms with Crippen molar-refractivity contribution in [3.05, 3.63) is 59.6 Å². The minimum atomic E-state index is -0.0127. The largest absolute Gasteiger partial charge is 0.353 e. The molecule has 0 radical (unpaired) electrons. The van der Waals surface area contributed by atoms with Gasteiger partial charge >= 0.3 is 0 Å². The zero-order valence-corrected chi connectivity index (χ0v) is 16.1. The number of aryl methyl sites for hydroxylation is 1. The molecule has 8 nitrogen and oxygen atoms in total. The number of nitriles is 1. The van der Waals surface area contributed by atoms with Crippen molar-refractivity contribution in [1.82, 2.24) is 20.0 Å². The Balaban J connectivity index is 1.37. The van der Waals surface area contributed by atoms with E-state index in [0.717, 1.165) is 11.4 Å². The Hall–Kier alpha value is -3.73. The van der Waals surface area contributed by atoms with Gasteiger partial charge in [0.15, 0.2) is 0 Å². The van der Waals surface area contributed by atoms with E-state index in [1.807, 2.05) is 24.0 Å². The van der Waals surface area contributed by atoms with Crippen LogP contribution in [-0.4, -0.2) is 52.1 Å². The molecule has 1 aliphatic rings. The van der Waals surface area contributed by atoms with E-state index in [4.69, 9.17) is 9.78 Å². The van der Waals surface area contributed by atoms with Gasteiger partial charge in [0, 0.05) is 49.9 Å². The van der Waals surface area contributed by atoms with Crippen LogP contribution in [0, 0.1) is 11.3 Å². The summed E-state index contributed by atoms with van der Waals surface area (Å²) in [5, 5.41) is 12.8. The van der Waals surface area contributed by atoms with Crippen LogP contribution >= 0.6 is 0 Å². The number of hydrogen-bond donors (Lipinski definition) is 0. The Kier molecular flexibility index (Phi) is 5.20. The minimum Gasteiger partial charge on any atom is -0.353 e. The summed E-state index contributed by atoms with van der Waals surface area (Å²) < 4.78 is 5.15. The van der Waals surface area contributed by atoms with Gasteiger partial charge in [0.1, 0.15) is 5.82 Å². The average Bonchev–Trinajstić information content (AvgIpc) is 3.28. The molecule has 1 saturated heterocycles. The van der Waals surface area contributed by atoms with Gasteiger partial charge in [-0.25, -0.2) is 4.98 Å². The van der Waals surface area contributed by atoms with E-state index in [0.29, 0.717) is 55.4 Å². The van der Waals surface area contributed by atoms with Crippen LogP contribution in [-0.2, 0) is 6.42 Å².